The molecule has 0 unspecified atom stereocenters. The molecular formula is C17H23F3N2O. The number of hydrogen-bond donors (Lipinski definition) is 2. The van der Waals surface area contributed by atoms with Gasteiger partial charge < -0.3 is 11.1 Å². The Morgan fingerprint density at radius 2 is 2.00 bits per heavy atom. The number of carbonyl (C=O) groups is 1. The van der Waals surface area contributed by atoms with Crippen LogP contribution in [0.2, 0.25) is 0 Å². The predicted octanol–water partition coefficient (Wildman–Crippen LogP) is 3.23. The van der Waals surface area contributed by atoms with E-state index in [4.69, 9.17) is 5.73 Å². The number of halogens is 3. The summed E-state index contributed by atoms with van der Waals surface area (Å²) in [6.45, 7) is 4.30. The average Bonchev–Trinajstić information content (AvgIpc) is 3.24. The second-order valence-electron chi connectivity index (χ2n) is 6.81. The number of benzene rings is 1. The molecule has 1 aromatic carbocycles. The first-order valence-corrected chi connectivity index (χ1v) is 7.85. The predicted molar refractivity (Wildman–Crippen MR) is 82.8 cm³/mol. The highest BCUT2D eigenvalue weighted by Gasteiger charge is 2.45. The lowest BCUT2D eigenvalue weighted by molar-refractivity contribution is -0.137. The number of nitrogens with two attached hydrogens (primary N) is 1. The van der Waals surface area contributed by atoms with Gasteiger partial charge in [-0.3, -0.25) is 4.79 Å². The molecule has 0 aromatic heterocycles. The summed E-state index contributed by atoms with van der Waals surface area (Å²) in [6.07, 6.45) is -2.22. The fraction of sp³-hybridized carbons (Fsp3) is 0.588. The molecule has 0 bridgehead atoms. The second kappa shape index (κ2) is 6.51. The summed E-state index contributed by atoms with van der Waals surface area (Å²) in [5, 5.41) is 2.80. The van der Waals surface area contributed by atoms with Crippen LogP contribution < -0.4 is 11.1 Å². The molecule has 1 amide bonds. The van der Waals surface area contributed by atoms with Gasteiger partial charge in [0.15, 0.2) is 0 Å². The summed E-state index contributed by atoms with van der Waals surface area (Å²) in [7, 11) is 0. The minimum absolute atomic E-state index is 0.239. The molecule has 128 valence electrons. The molecule has 0 radical (unpaired) electrons. The van der Waals surface area contributed by atoms with Crippen molar-refractivity contribution in [3.63, 3.8) is 0 Å². The van der Waals surface area contributed by atoms with Gasteiger partial charge in [-0.2, -0.15) is 13.2 Å². The van der Waals surface area contributed by atoms with E-state index in [1.807, 2.05) is 13.8 Å². The van der Waals surface area contributed by atoms with Crippen molar-refractivity contribution < 1.29 is 18.0 Å². The molecule has 0 saturated heterocycles. The van der Waals surface area contributed by atoms with E-state index in [1.54, 1.807) is 6.07 Å². The van der Waals surface area contributed by atoms with Crippen LogP contribution in [0.4, 0.5) is 13.2 Å². The molecular weight excluding hydrogens is 305 g/mol. The minimum Gasteiger partial charge on any atom is -0.354 e. The van der Waals surface area contributed by atoms with Gasteiger partial charge in [0.25, 0.3) is 0 Å². The maximum Gasteiger partial charge on any atom is 0.416 e. The molecule has 0 spiro atoms. The Labute approximate surface area is 134 Å². The van der Waals surface area contributed by atoms with Crippen molar-refractivity contribution >= 4 is 5.91 Å². The molecule has 3 nitrogen and oxygen atoms in total. The van der Waals surface area contributed by atoms with Gasteiger partial charge in [0.1, 0.15) is 0 Å². The molecule has 1 saturated carbocycles. The van der Waals surface area contributed by atoms with Crippen molar-refractivity contribution in [3.8, 4) is 0 Å². The molecule has 1 fully saturated rings. The van der Waals surface area contributed by atoms with Crippen LogP contribution in [-0.4, -0.2) is 18.5 Å². The zero-order valence-corrected chi connectivity index (χ0v) is 13.4. The lowest BCUT2D eigenvalue weighted by Crippen LogP contribution is -2.44. The van der Waals surface area contributed by atoms with Crippen LogP contribution in [0.3, 0.4) is 0 Å². The molecule has 0 aliphatic heterocycles. The minimum atomic E-state index is -4.35. The standard InChI is InChI=1S/C17H23F3N2O/c1-11(2)8-14(21)15(23)22-10-16(6-7-16)12-4-3-5-13(9-12)17(18,19)20/h3-5,9,11,14H,6-8,10,21H2,1-2H3,(H,22,23)/t14-/m0/s1. The van der Waals surface area contributed by atoms with Gasteiger partial charge >= 0.3 is 6.18 Å². The summed E-state index contributed by atoms with van der Waals surface area (Å²) in [4.78, 5) is 12.0. The zero-order chi connectivity index (χ0) is 17.3. The van der Waals surface area contributed by atoms with E-state index in [-0.39, 0.29) is 11.3 Å². The van der Waals surface area contributed by atoms with Crippen LogP contribution >= 0.6 is 0 Å². The number of alkyl halides is 3. The Morgan fingerprint density at radius 1 is 1.35 bits per heavy atom. The molecule has 2 rings (SSSR count). The Hall–Kier alpha value is -1.56. The van der Waals surface area contributed by atoms with Crippen molar-refractivity contribution in [2.45, 2.75) is 50.7 Å². The zero-order valence-electron chi connectivity index (χ0n) is 13.4. The van der Waals surface area contributed by atoms with Crippen molar-refractivity contribution in [1.82, 2.24) is 5.32 Å². The maximum absolute atomic E-state index is 12.8. The summed E-state index contributed by atoms with van der Waals surface area (Å²) >= 11 is 0. The fourth-order valence-electron chi connectivity index (χ4n) is 2.75. The highest BCUT2D eigenvalue weighted by atomic mass is 19.4. The lowest BCUT2D eigenvalue weighted by atomic mass is 9.94. The van der Waals surface area contributed by atoms with Crippen LogP contribution in [-0.2, 0) is 16.4 Å². The summed E-state index contributed by atoms with van der Waals surface area (Å²) in [5.41, 5.74) is 5.43. The molecule has 3 N–H and O–H groups in total. The van der Waals surface area contributed by atoms with E-state index in [2.05, 4.69) is 5.32 Å². The van der Waals surface area contributed by atoms with Crippen LogP contribution in [0, 0.1) is 5.92 Å². The van der Waals surface area contributed by atoms with Gasteiger partial charge in [0, 0.05) is 12.0 Å². The normalized spacial score (nSPS) is 17.9. The topological polar surface area (TPSA) is 55.1 Å². The fourth-order valence-corrected chi connectivity index (χ4v) is 2.75. The smallest absolute Gasteiger partial charge is 0.354 e. The van der Waals surface area contributed by atoms with E-state index in [1.165, 1.54) is 12.1 Å². The van der Waals surface area contributed by atoms with Gasteiger partial charge in [-0.05, 0) is 36.8 Å². The highest BCUT2D eigenvalue weighted by Crippen LogP contribution is 2.48. The number of hydrogen-bond acceptors (Lipinski definition) is 2. The Kier molecular flexibility index (Phi) is 5.04. The number of rotatable bonds is 6. The maximum atomic E-state index is 12.8. The molecule has 1 aromatic rings. The van der Waals surface area contributed by atoms with Crippen molar-refractivity contribution in [2.24, 2.45) is 11.7 Å². The van der Waals surface area contributed by atoms with Crippen LogP contribution in [0.5, 0.6) is 0 Å². The van der Waals surface area contributed by atoms with Gasteiger partial charge in [0.05, 0.1) is 11.6 Å². The lowest BCUT2D eigenvalue weighted by Gasteiger charge is -2.20. The molecule has 1 aliphatic rings. The van der Waals surface area contributed by atoms with Crippen molar-refractivity contribution in [3.05, 3.63) is 35.4 Å². The third-order valence-electron chi connectivity index (χ3n) is 4.32. The van der Waals surface area contributed by atoms with Gasteiger partial charge in [0.2, 0.25) is 5.91 Å². The van der Waals surface area contributed by atoms with Crippen molar-refractivity contribution in [1.29, 1.82) is 0 Å². The third-order valence-corrected chi connectivity index (χ3v) is 4.32. The first-order chi connectivity index (χ1) is 10.6. The van der Waals surface area contributed by atoms with E-state index >= 15 is 0 Å². The van der Waals surface area contributed by atoms with Crippen LogP contribution in [0.15, 0.2) is 24.3 Å². The monoisotopic (exact) mass is 328 g/mol. The average molecular weight is 328 g/mol. The Balaban J connectivity index is 2.02. The van der Waals surface area contributed by atoms with Gasteiger partial charge in [-0.15, -0.1) is 0 Å². The van der Waals surface area contributed by atoms with Gasteiger partial charge in [-0.1, -0.05) is 32.0 Å². The molecule has 6 heteroatoms. The first-order valence-electron chi connectivity index (χ1n) is 7.85. The molecule has 1 aliphatic carbocycles. The van der Waals surface area contributed by atoms with Gasteiger partial charge in [-0.25, -0.2) is 0 Å². The van der Waals surface area contributed by atoms with E-state index in [0.29, 0.717) is 24.4 Å². The number of amides is 1. The molecule has 23 heavy (non-hydrogen) atoms. The first kappa shape index (κ1) is 17.8. The van der Waals surface area contributed by atoms with Crippen LogP contribution in [0.1, 0.15) is 44.2 Å². The number of nitrogens with one attached hydrogen (secondary N) is 1. The third kappa shape index (κ3) is 4.47. The Morgan fingerprint density at radius 3 is 2.52 bits per heavy atom. The summed E-state index contributed by atoms with van der Waals surface area (Å²) in [6, 6.07) is 4.80. The summed E-state index contributed by atoms with van der Waals surface area (Å²) < 4.78 is 38.5. The summed E-state index contributed by atoms with van der Waals surface area (Å²) in [5.74, 6) is 0.0750. The van der Waals surface area contributed by atoms with E-state index < -0.39 is 17.8 Å². The number of carbonyl (C=O) groups excluding carboxylic acids is 1. The SMILES string of the molecule is CC(C)C[C@H](N)C(=O)NCC1(c2cccc(C(F)(F)F)c2)CC1. The van der Waals surface area contributed by atoms with Crippen molar-refractivity contribution in [2.75, 3.05) is 6.54 Å². The Bertz CT molecular complexity index is 565. The molecule has 0 heterocycles. The largest absolute Gasteiger partial charge is 0.416 e. The van der Waals surface area contributed by atoms with E-state index in [9.17, 15) is 18.0 Å². The second-order valence-corrected chi connectivity index (χ2v) is 6.81. The molecule has 1 atom stereocenters. The van der Waals surface area contributed by atoms with Crippen LogP contribution in [0.25, 0.3) is 0 Å². The highest BCUT2D eigenvalue weighted by molar-refractivity contribution is 5.81. The quantitative estimate of drug-likeness (QED) is 0.842. The van der Waals surface area contributed by atoms with E-state index in [0.717, 1.165) is 18.9 Å².